The number of carbonyl (C=O) groups excluding carboxylic acids is 1. The monoisotopic (exact) mass is 705 g/mol. The number of carbonyl (C=O) groups is 1. The summed E-state index contributed by atoms with van der Waals surface area (Å²) in [7, 11) is 0. The van der Waals surface area contributed by atoms with Crippen molar-refractivity contribution in [3.8, 4) is 11.8 Å². The van der Waals surface area contributed by atoms with Gasteiger partial charge >= 0.3 is 5.97 Å². The van der Waals surface area contributed by atoms with Crippen molar-refractivity contribution in [1.29, 1.82) is 5.26 Å². The molecule has 0 aliphatic carbocycles. The highest BCUT2D eigenvalue weighted by molar-refractivity contribution is 9.11. The number of thiazole rings is 1. The highest BCUT2D eigenvalue weighted by Gasteiger charge is 2.33. The Labute approximate surface area is 263 Å². The Hall–Kier alpha value is -3.78. The Morgan fingerprint density at radius 2 is 1.88 bits per heavy atom. The SMILES string of the molecule is CCOC(=O)C1=C(C)N=c2s/c(=C\c3cc(Br)cc(Br)c3OCc3ccccc3C#N)c(=O)n2[C@@H]1c1ccc(C)cc1. The van der Waals surface area contributed by atoms with Crippen LogP contribution in [0.1, 0.15) is 47.7 Å². The van der Waals surface area contributed by atoms with E-state index in [1.54, 1.807) is 30.6 Å². The first kappa shape index (κ1) is 29.7. The van der Waals surface area contributed by atoms with E-state index in [1.165, 1.54) is 11.3 Å². The number of nitrogens with zero attached hydrogens (tertiary/aromatic N) is 3. The van der Waals surface area contributed by atoms with Crippen LogP contribution in [0.15, 0.2) is 90.7 Å². The minimum absolute atomic E-state index is 0.168. The summed E-state index contributed by atoms with van der Waals surface area (Å²) in [6.07, 6.45) is 1.76. The molecule has 7 nitrogen and oxygen atoms in total. The number of esters is 1. The minimum atomic E-state index is -0.685. The van der Waals surface area contributed by atoms with Crippen molar-refractivity contribution in [2.24, 2.45) is 4.99 Å². The lowest BCUT2D eigenvalue weighted by atomic mass is 9.95. The van der Waals surface area contributed by atoms with Crippen LogP contribution in [-0.2, 0) is 16.1 Å². The van der Waals surface area contributed by atoms with E-state index in [2.05, 4.69) is 42.9 Å². The van der Waals surface area contributed by atoms with E-state index < -0.39 is 12.0 Å². The zero-order chi connectivity index (χ0) is 30.0. The maximum Gasteiger partial charge on any atom is 0.338 e. The third-order valence-corrected chi connectivity index (χ3v) is 8.77. The third-order valence-electron chi connectivity index (χ3n) is 6.74. The van der Waals surface area contributed by atoms with Crippen LogP contribution in [-0.4, -0.2) is 17.1 Å². The molecule has 0 bridgehead atoms. The maximum absolute atomic E-state index is 14.1. The fraction of sp³-hybridized carbons (Fsp3) is 0.188. The Bertz CT molecular complexity index is 1950. The topological polar surface area (TPSA) is 93.7 Å². The fourth-order valence-electron chi connectivity index (χ4n) is 4.74. The molecule has 4 aromatic rings. The van der Waals surface area contributed by atoms with Crippen molar-refractivity contribution in [3.05, 3.63) is 128 Å². The summed E-state index contributed by atoms with van der Waals surface area (Å²) in [6.45, 7) is 5.87. The van der Waals surface area contributed by atoms with Crippen LogP contribution < -0.4 is 19.6 Å². The molecule has 0 N–H and O–H groups in total. The van der Waals surface area contributed by atoms with Gasteiger partial charge in [-0.05, 0) is 66.5 Å². The average Bonchev–Trinajstić information content (AvgIpc) is 3.26. The van der Waals surface area contributed by atoms with Crippen molar-refractivity contribution < 1.29 is 14.3 Å². The van der Waals surface area contributed by atoms with Gasteiger partial charge in [0, 0.05) is 15.6 Å². The minimum Gasteiger partial charge on any atom is -0.487 e. The van der Waals surface area contributed by atoms with Gasteiger partial charge in [0.2, 0.25) is 0 Å². The number of hydrogen-bond acceptors (Lipinski definition) is 7. The van der Waals surface area contributed by atoms with Gasteiger partial charge in [-0.1, -0.05) is 75.3 Å². The van der Waals surface area contributed by atoms with Gasteiger partial charge in [0.25, 0.3) is 5.56 Å². The Morgan fingerprint density at radius 1 is 1.14 bits per heavy atom. The summed E-state index contributed by atoms with van der Waals surface area (Å²) in [6, 6.07) is 20.2. The molecular weight excluding hydrogens is 682 g/mol. The highest BCUT2D eigenvalue weighted by atomic mass is 79.9. The zero-order valence-corrected chi connectivity index (χ0v) is 27.0. The summed E-state index contributed by atoms with van der Waals surface area (Å²) in [5.74, 6) is 0.0260. The van der Waals surface area contributed by atoms with E-state index in [4.69, 9.17) is 9.47 Å². The largest absolute Gasteiger partial charge is 0.487 e. The van der Waals surface area contributed by atoms with Gasteiger partial charge in [0.15, 0.2) is 4.80 Å². The van der Waals surface area contributed by atoms with Crippen LogP contribution in [0.5, 0.6) is 5.75 Å². The molecule has 1 aliphatic rings. The number of nitriles is 1. The van der Waals surface area contributed by atoms with Crippen LogP contribution in [0, 0.1) is 18.3 Å². The van der Waals surface area contributed by atoms with Gasteiger partial charge in [-0.25, -0.2) is 9.79 Å². The summed E-state index contributed by atoms with van der Waals surface area (Å²) >= 11 is 8.38. The second kappa shape index (κ2) is 12.6. The lowest BCUT2D eigenvalue weighted by Gasteiger charge is -2.24. The van der Waals surface area contributed by atoms with E-state index >= 15 is 0 Å². The van der Waals surface area contributed by atoms with E-state index in [1.807, 2.05) is 61.5 Å². The predicted octanol–water partition coefficient (Wildman–Crippen LogP) is 6.08. The third kappa shape index (κ3) is 5.91. The molecule has 3 aromatic carbocycles. The van der Waals surface area contributed by atoms with Crippen molar-refractivity contribution in [3.63, 3.8) is 0 Å². The molecule has 1 atom stereocenters. The number of ether oxygens (including phenoxy) is 2. The summed E-state index contributed by atoms with van der Waals surface area (Å²) in [5.41, 5.74) is 4.36. The molecule has 1 aromatic heterocycles. The van der Waals surface area contributed by atoms with Crippen LogP contribution in [0.25, 0.3) is 6.08 Å². The molecular formula is C32H25Br2N3O4S. The number of aryl methyl sites for hydroxylation is 1. The lowest BCUT2D eigenvalue weighted by molar-refractivity contribution is -0.139. The summed E-state index contributed by atoms with van der Waals surface area (Å²) < 4.78 is 15.1. The molecule has 212 valence electrons. The first-order valence-electron chi connectivity index (χ1n) is 13.1. The second-order valence-electron chi connectivity index (χ2n) is 9.58. The number of benzene rings is 3. The molecule has 0 saturated carbocycles. The van der Waals surface area contributed by atoms with Gasteiger partial charge < -0.3 is 9.47 Å². The van der Waals surface area contributed by atoms with E-state index in [0.29, 0.717) is 42.0 Å². The first-order chi connectivity index (χ1) is 20.2. The number of rotatable bonds is 7. The predicted molar refractivity (Wildman–Crippen MR) is 169 cm³/mol. The van der Waals surface area contributed by atoms with Crippen molar-refractivity contribution >= 4 is 55.2 Å². The molecule has 10 heteroatoms. The fourth-order valence-corrected chi connectivity index (χ4v) is 7.15. The number of aromatic nitrogens is 1. The van der Waals surface area contributed by atoms with E-state index in [-0.39, 0.29) is 18.8 Å². The van der Waals surface area contributed by atoms with E-state index in [0.717, 1.165) is 21.2 Å². The second-order valence-corrected chi connectivity index (χ2v) is 12.4. The highest BCUT2D eigenvalue weighted by Crippen LogP contribution is 2.35. The molecule has 0 amide bonds. The maximum atomic E-state index is 14.1. The summed E-state index contributed by atoms with van der Waals surface area (Å²) in [5, 5.41) is 9.48. The first-order valence-corrected chi connectivity index (χ1v) is 15.5. The molecule has 0 radical (unpaired) electrons. The van der Waals surface area contributed by atoms with Gasteiger partial charge in [-0.15, -0.1) is 0 Å². The van der Waals surface area contributed by atoms with Gasteiger partial charge in [-0.3, -0.25) is 9.36 Å². The van der Waals surface area contributed by atoms with Crippen LogP contribution in [0.4, 0.5) is 0 Å². The normalized spacial score (nSPS) is 14.7. The molecule has 0 fully saturated rings. The van der Waals surface area contributed by atoms with Gasteiger partial charge in [0.05, 0.1) is 44.6 Å². The molecule has 5 rings (SSSR count). The van der Waals surface area contributed by atoms with Crippen molar-refractivity contribution in [1.82, 2.24) is 4.57 Å². The number of fused-ring (bicyclic) bond motifs is 1. The quantitative estimate of drug-likeness (QED) is 0.217. The molecule has 1 aliphatic heterocycles. The Balaban J connectivity index is 1.65. The molecule has 0 spiro atoms. The van der Waals surface area contributed by atoms with Crippen LogP contribution in [0.3, 0.4) is 0 Å². The zero-order valence-electron chi connectivity index (χ0n) is 23.0. The molecule has 2 heterocycles. The number of hydrogen-bond donors (Lipinski definition) is 0. The molecule has 0 unspecified atom stereocenters. The summed E-state index contributed by atoms with van der Waals surface area (Å²) in [4.78, 5) is 32.3. The smallest absolute Gasteiger partial charge is 0.338 e. The van der Waals surface area contributed by atoms with Crippen LogP contribution >= 0.6 is 43.2 Å². The number of halogens is 2. The average molecular weight is 707 g/mol. The molecule has 42 heavy (non-hydrogen) atoms. The van der Waals surface area contributed by atoms with Crippen molar-refractivity contribution in [2.75, 3.05) is 6.61 Å². The number of allylic oxidation sites excluding steroid dienone is 1. The molecule has 0 saturated heterocycles. The standard InChI is InChI=1S/C32H25Br2N3O4S/c1-4-40-31(39)27-19(3)36-32-37(28(27)20-11-9-18(2)10-12-20)30(38)26(42-32)14-23-13-24(33)15-25(34)29(23)41-17-22-8-6-5-7-21(22)16-35/h5-15,28H,4,17H2,1-3H3/b26-14-/t28-/m1/s1. The van der Waals surface area contributed by atoms with E-state index in [9.17, 15) is 14.9 Å². The Morgan fingerprint density at radius 3 is 2.60 bits per heavy atom. The van der Waals surface area contributed by atoms with Crippen LogP contribution in [0.2, 0.25) is 0 Å². The van der Waals surface area contributed by atoms with Crippen molar-refractivity contribution in [2.45, 2.75) is 33.4 Å². The lowest BCUT2D eigenvalue weighted by Crippen LogP contribution is -2.39. The van der Waals surface area contributed by atoms with Gasteiger partial charge in [0.1, 0.15) is 12.4 Å². The van der Waals surface area contributed by atoms with Gasteiger partial charge in [-0.2, -0.15) is 5.26 Å². The Kier molecular flexibility index (Phi) is 8.92.